The smallest absolute Gasteiger partial charge is 0.419 e. The first-order valence-electron chi connectivity index (χ1n) is 11.1. The molecule has 1 heterocycles. The highest BCUT2D eigenvalue weighted by atomic mass is 32.2. The molecule has 3 rings (SSSR count). The van der Waals surface area contributed by atoms with Crippen molar-refractivity contribution in [2.75, 3.05) is 26.4 Å². The average molecular weight is 537 g/mol. The first-order valence-corrected chi connectivity index (χ1v) is 11.9. The molecule has 0 fully saturated rings. The number of hydrogen-bond acceptors (Lipinski definition) is 6. The van der Waals surface area contributed by atoms with Gasteiger partial charge in [0.05, 0.1) is 53.3 Å². The lowest BCUT2D eigenvalue weighted by molar-refractivity contribution is -0.139. The van der Waals surface area contributed by atoms with Crippen LogP contribution in [0.2, 0.25) is 0 Å². The Morgan fingerprint density at radius 1 is 1.00 bits per heavy atom. The van der Waals surface area contributed by atoms with E-state index >= 15 is 0 Å². The number of nitrogens with zero attached hydrogens (tertiary/aromatic N) is 1. The van der Waals surface area contributed by atoms with Crippen LogP contribution >= 0.6 is 11.8 Å². The van der Waals surface area contributed by atoms with Crippen LogP contribution < -0.4 is 15.2 Å². The van der Waals surface area contributed by atoms with Crippen molar-refractivity contribution in [3.05, 3.63) is 59.2 Å². The van der Waals surface area contributed by atoms with Crippen molar-refractivity contribution in [3.63, 3.8) is 0 Å². The Kier molecular flexibility index (Phi) is 8.84. The molecule has 0 bridgehead atoms. The highest BCUT2D eigenvalue weighted by molar-refractivity contribution is 8.14. The van der Waals surface area contributed by atoms with E-state index in [1.54, 1.807) is 13.0 Å². The van der Waals surface area contributed by atoms with E-state index < -0.39 is 29.0 Å². The zero-order chi connectivity index (χ0) is 26.6. The van der Waals surface area contributed by atoms with Crippen LogP contribution in [0.1, 0.15) is 41.7 Å². The van der Waals surface area contributed by atoms with Gasteiger partial charge in [0.1, 0.15) is 11.5 Å². The number of aliphatic hydroxyl groups is 1. The average Bonchev–Trinajstić information content (AvgIpc) is 3.32. The van der Waals surface area contributed by atoms with Crippen LogP contribution in [-0.4, -0.2) is 42.1 Å². The minimum atomic E-state index is -4.64. The molecule has 2 atom stereocenters. The van der Waals surface area contributed by atoms with Gasteiger partial charge >= 0.3 is 12.4 Å². The summed E-state index contributed by atoms with van der Waals surface area (Å²) < 4.78 is 90.1. The number of halogens is 6. The topological polar surface area (TPSA) is 77.1 Å². The van der Waals surface area contributed by atoms with Gasteiger partial charge in [-0.15, -0.1) is 0 Å². The summed E-state index contributed by atoms with van der Waals surface area (Å²) in [7, 11) is 0. The lowest BCUT2D eigenvalue weighted by Crippen LogP contribution is -2.46. The second-order valence-electron chi connectivity index (χ2n) is 8.51. The largest absolute Gasteiger partial charge is 0.494 e. The molecule has 0 radical (unpaired) electrons. The molecule has 12 heteroatoms. The van der Waals surface area contributed by atoms with Gasteiger partial charge in [0.2, 0.25) is 0 Å². The van der Waals surface area contributed by atoms with Gasteiger partial charge in [-0.2, -0.15) is 26.3 Å². The number of rotatable bonds is 10. The molecule has 36 heavy (non-hydrogen) atoms. The van der Waals surface area contributed by atoms with Gasteiger partial charge in [0, 0.05) is 0 Å². The molecule has 1 aliphatic heterocycles. The van der Waals surface area contributed by atoms with Crippen molar-refractivity contribution in [2.24, 2.45) is 10.7 Å². The Balaban J connectivity index is 1.54. The third-order valence-electron chi connectivity index (χ3n) is 5.38. The maximum absolute atomic E-state index is 13.7. The molecule has 2 aromatic carbocycles. The maximum Gasteiger partial charge on any atom is 0.419 e. The molecular formula is C24H26F6N2O3S. The number of thioether (sulfide) groups is 1. The molecule has 5 nitrogen and oxygen atoms in total. The lowest BCUT2D eigenvalue weighted by atomic mass is 10.1. The highest BCUT2D eigenvalue weighted by Gasteiger charge is 2.37. The lowest BCUT2D eigenvalue weighted by Gasteiger charge is -2.22. The van der Waals surface area contributed by atoms with Crippen molar-refractivity contribution in [3.8, 4) is 11.5 Å². The number of hydrogen-bond donors (Lipinski definition) is 2. The summed E-state index contributed by atoms with van der Waals surface area (Å²) in [5.41, 5.74) is 3.60. The third-order valence-corrected chi connectivity index (χ3v) is 6.90. The second kappa shape index (κ2) is 11.3. The van der Waals surface area contributed by atoms with E-state index in [0.29, 0.717) is 23.4 Å². The summed E-state index contributed by atoms with van der Waals surface area (Å²) in [6.07, 6.45) is -8.41. The molecule has 0 aliphatic carbocycles. The third kappa shape index (κ3) is 7.30. The zero-order valence-electron chi connectivity index (χ0n) is 19.3. The van der Waals surface area contributed by atoms with Gasteiger partial charge < -0.3 is 20.3 Å². The van der Waals surface area contributed by atoms with Gasteiger partial charge in [0.15, 0.2) is 0 Å². The summed E-state index contributed by atoms with van der Waals surface area (Å²) in [6, 6.07) is 8.32. The first-order chi connectivity index (χ1) is 16.8. The van der Waals surface area contributed by atoms with Gasteiger partial charge in [-0.25, -0.2) is 0 Å². The van der Waals surface area contributed by atoms with Gasteiger partial charge in [-0.1, -0.05) is 23.9 Å². The second-order valence-corrected chi connectivity index (χ2v) is 9.70. The minimum absolute atomic E-state index is 0.0259. The number of ether oxygens (including phenoxy) is 2. The molecule has 0 spiro atoms. The SMILES string of the molecule is C[C@](N)(CO)C1=NCC(c2ccc(OCCCCOc3cccc(C(F)(F)F)c3)c(C(F)(F)F)c2)S1. The summed E-state index contributed by atoms with van der Waals surface area (Å²) in [4.78, 5) is 4.28. The molecule has 1 aliphatic rings. The van der Waals surface area contributed by atoms with Crippen molar-refractivity contribution in [2.45, 2.75) is 42.9 Å². The van der Waals surface area contributed by atoms with Crippen LogP contribution in [0.15, 0.2) is 47.5 Å². The van der Waals surface area contributed by atoms with Crippen molar-refractivity contribution in [1.29, 1.82) is 0 Å². The Labute approximate surface area is 208 Å². The summed E-state index contributed by atoms with van der Waals surface area (Å²) >= 11 is 1.23. The fourth-order valence-corrected chi connectivity index (χ4v) is 4.55. The molecule has 3 N–H and O–H groups in total. The number of alkyl halides is 6. The van der Waals surface area contributed by atoms with Crippen molar-refractivity contribution in [1.82, 2.24) is 0 Å². The van der Waals surface area contributed by atoms with Crippen molar-refractivity contribution >= 4 is 16.8 Å². The van der Waals surface area contributed by atoms with E-state index in [9.17, 15) is 31.4 Å². The van der Waals surface area contributed by atoms with Crippen LogP contribution in [0.3, 0.4) is 0 Å². The standard InChI is InChI=1S/C24H26F6N2O3S/c1-22(31,14-33)21-32-13-20(36-21)15-7-8-19(18(11-15)24(28,29)30)35-10-3-2-9-34-17-6-4-5-16(12-17)23(25,26)27/h4-8,11-12,20,33H,2-3,9-10,13-14,31H2,1H3/t20?,22-/m0/s1. The Hall–Kier alpha value is -2.44. The highest BCUT2D eigenvalue weighted by Crippen LogP contribution is 2.43. The molecule has 2 aromatic rings. The van der Waals surface area contributed by atoms with Crippen LogP contribution in [0.4, 0.5) is 26.3 Å². The van der Waals surface area contributed by atoms with E-state index in [1.807, 2.05) is 0 Å². The Bertz CT molecular complexity index is 1070. The minimum Gasteiger partial charge on any atom is -0.494 e. The summed E-state index contributed by atoms with van der Waals surface area (Å²) in [5, 5.41) is 9.52. The quantitative estimate of drug-likeness (QED) is 0.294. The number of nitrogens with two attached hydrogens (primary N) is 1. The summed E-state index contributed by atoms with van der Waals surface area (Å²) in [6.45, 7) is 1.57. The van der Waals surface area contributed by atoms with Crippen LogP contribution in [0.5, 0.6) is 11.5 Å². The van der Waals surface area contributed by atoms with Gasteiger partial charge in [0.25, 0.3) is 0 Å². The van der Waals surface area contributed by atoms with Crippen LogP contribution in [0.25, 0.3) is 0 Å². The normalized spacial score (nSPS) is 18.0. The predicted octanol–water partition coefficient (Wildman–Crippen LogP) is 5.86. The van der Waals surface area contributed by atoms with Crippen LogP contribution in [0, 0.1) is 0 Å². The zero-order valence-corrected chi connectivity index (χ0v) is 20.1. The molecule has 0 saturated carbocycles. The number of aliphatic hydroxyl groups excluding tert-OH is 1. The number of unbranched alkanes of at least 4 members (excludes halogenated alkanes) is 1. The van der Waals surface area contributed by atoms with Crippen molar-refractivity contribution < 1.29 is 40.9 Å². The van der Waals surface area contributed by atoms with E-state index in [0.717, 1.165) is 18.2 Å². The predicted molar refractivity (Wildman–Crippen MR) is 125 cm³/mol. The van der Waals surface area contributed by atoms with E-state index in [1.165, 1.54) is 30.0 Å². The van der Waals surface area contributed by atoms with Gasteiger partial charge in [-0.3, -0.25) is 4.99 Å². The molecule has 198 valence electrons. The van der Waals surface area contributed by atoms with E-state index in [-0.39, 0.29) is 43.1 Å². The van der Waals surface area contributed by atoms with Crippen LogP contribution in [-0.2, 0) is 12.4 Å². The number of benzene rings is 2. The Morgan fingerprint density at radius 3 is 2.33 bits per heavy atom. The first kappa shape index (κ1) is 28.1. The molecule has 0 aromatic heterocycles. The summed E-state index contributed by atoms with van der Waals surface area (Å²) in [5.74, 6) is -0.250. The molecule has 0 amide bonds. The fourth-order valence-electron chi connectivity index (χ4n) is 3.37. The number of aliphatic imine (C=N–C) groups is 1. The van der Waals surface area contributed by atoms with E-state index in [4.69, 9.17) is 15.2 Å². The molecular weight excluding hydrogens is 510 g/mol. The fraction of sp³-hybridized carbons (Fsp3) is 0.458. The molecule has 1 unspecified atom stereocenters. The maximum atomic E-state index is 13.7. The van der Waals surface area contributed by atoms with Gasteiger partial charge in [-0.05, 0) is 55.7 Å². The monoisotopic (exact) mass is 536 g/mol. The Morgan fingerprint density at radius 2 is 1.69 bits per heavy atom. The van der Waals surface area contributed by atoms with E-state index in [2.05, 4.69) is 4.99 Å². The molecule has 0 saturated heterocycles.